The lowest BCUT2D eigenvalue weighted by Crippen LogP contribution is -2.58. The molecular formula is C20H27N7O. The quantitative estimate of drug-likeness (QED) is 0.846. The lowest BCUT2D eigenvalue weighted by atomic mass is 9.87. The highest BCUT2D eigenvalue weighted by atomic mass is 16.5. The van der Waals surface area contributed by atoms with Crippen molar-refractivity contribution in [2.24, 2.45) is 28.5 Å². The van der Waals surface area contributed by atoms with E-state index in [1.807, 2.05) is 54.0 Å². The third-order valence-electron chi connectivity index (χ3n) is 5.68. The van der Waals surface area contributed by atoms with Gasteiger partial charge in [-0.25, -0.2) is 4.99 Å². The molecule has 1 fully saturated rings. The van der Waals surface area contributed by atoms with Crippen molar-refractivity contribution in [2.45, 2.75) is 51.3 Å². The first-order chi connectivity index (χ1) is 13.5. The maximum Gasteiger partial charge on any atom is 0.220 e. The van der Waals surface area contributed by atoms with Crippen molar-refractivity contribution in [3.05, 3.63) is 41.7 Å². The van der Waals surface area contributed by atoms with Gasteiger partial charge in [-0.1, -0.05) is 18.6 Å². The number of rotatable bonds is 4. The molecule has 148 valence electrons. The smallest absolute Gasteiger partial charge is 0.220 e. The predicted molar refractivity (Wildman–Crippen MR) is 110 cm³/mol. The van der Waals surface area contributed by atoms with Gasteiger partial charge in [0.2, 0.25) is 11.9 Å². The van der Waals surface area contributed by atoms with E-state index in [4.69, 9.17) is 21.2 Å². The molecule has 1 aromatic heterocycles. The number of guanidine groups is 2. The Bertz CT molecular complexity index is 924. The van der Waals surface area contributed by atoms with Gasteiger partial charge in [0, 0.05) is 18.3 Å². The zero-order valence-electron chi connectivity index (χ0n) is 16.4. The van der Waals surface area contributed by atoms with Crippen LogP contribution in [0.1, 0.15) is 43.4 Å². The van der Waals surface area contributed by atoms with Crippen LogP contribution in [0.15, 0.2) is 40.4 Å². The Morgan fingerprint density at radius 1 is 1.14 bits per heavy atom. The molecule has 1 aromatic carbocycles. The van der Waals surface area contributed by atoms with Crippen molar-refractivity contribution >= 4 is 17.6 Å². The molecule has 28 heavy (non-hydrogen) atoms. The van der Waals surface area contributed by atoms with Crippen molar-refractivity contribution in [3.8, 4) is 5.75 Å². The van der Waals surface area contributed by atoms with Crippen LogP contribution in [0.3, 0.4) is 0 Å². The first-order valence-corrected chi connectivity index (χ1v) is 9.69. The number of aromatic nitrogens is 2. The Hall–Kier alpha value is -3.03. The van der Waals surface area contributed by atoms with Crippen LogP contribution in [-0.4, -0.2) is 27.4 Å². The topological polar surface area (TPSA) is 107 Å². The van der Waals surface area contributed by atoms with Gasteiger partial charge >= 0.3 is 0 Å². The van der Waals surface area contributed by atoms with E-state index in [-0.39, 0.29) is 5.96 Å². The van der Waals surface area contributed by atoms with Crippen LogP contribution in [0.5, 0.6) is 5.75 Å². The fourth-order valence-corrected chi connectivity index (χ4v) is 4.08. The molecule has 2 heterocycles. The summed E-state index contributed by atoms with van der Waals surface area (Å²) in [4.78, 5) is 11.0. The summed E-state index contributed by atoms with van der Waals surface area (Å²) >= 11 is 0. The summed E-state index contributed by atoms with van der Waals surface area (Å²) in [6.07, 6.45) is 6.97. The van der Waals surface area contributed by atoms with Crippen LogP contribution in [0.25, 0.3) is 0 Å². The summed E-state index contributed by atoms with van der Waals surface area (Å²) in [5.74, 6) is 1.35. The third-order valence-corrected chi connectivity index (χ3v) is 5.68. The van der Waals surface area contributed by atoms with Crippen LogP contribution in [0.2, 0.25) is 0 Å². The Balaban J connectivity index is 1.68. The van der Waals surface area contributed by atoms with Crippen molar-refractivity contribution in [2.75, 3.05) is 4.90 Å². The van der Waals surface area contributed by atoms with Crippen LogP contribution >= 0.6 is 0 Å². The summed E-state index contributed by atoms with van der Waals surface area (Å²) in [6.45, 7) is 2.46. The second-order valence-corrected chi connectivity index (χ2v) is 7.45. The van der Waals surface area contributed by atoms with Gasteiger partial charge in [-0.2, -0.15) is 10.1 Å². The molecule has 8 heteroatoms. The molecule has 4 N–H and O–H groups in total. The third kappa shape index (κ3) is 3.19. The second-order valence-electron chi connectivity index (χ2n) is 7.45. The summed E-state index contributed by atoms with van der Waals surface area (Å²) in [6, 6.07) is 7.88. The molecule has 2 aliphatic rings. The van der Waals surface area contributed by atoms with Gasteiger partial charge in [-0.05, 0) is 44.7 Å². The van der Waals surface area contributed by atoms with Gasteiger partial charge in [-0.15, -0.1) is 0 Å². The second kappa shape index (κ2) is 7.18. The molecule has 0 saturated heterocycles. The average Bonchev–Trinajstić information content (AvgIpc) is 2.99. The number of nitrogens with two attached hydrogens (primary N) is 2. The predicted octanol–water partition coefficient (Wildman–Crippen LogP) is 2.42. The minimum absolute atomic E-state index is 0.250. The molecule has 4 rings (SSSR count). The van der Waals surface area contributed by atoms with E-state index in [0.29, 0.717) is 12.6 Å². The van der Waals surface area contributed by atoms with Crippen molar-refractivity contribution in [3.63, 3.8) is 0 Å². The first-order valence-electron chi connectivity index (χ1n) is 9.69. The van der Waals surface area contributed by atoms with Gasteiger partial charge in [0.15, 0.2) is 0 Å². The summed E-state index contributed by atoms with van der Waals surface area (Å²) in [7, 11) is 1.92. The average molecular weight is 381 g/mol. The molecular weight excluding hydrogens is 354 g/mol. The van der Waals surface area contributed by atoms with E-state index < -0.39 is 5.66 Å². The molecule has 1 aliphatic heterocycles. The van der Waals surface area contributed by atoms with Gasteiger partial charge in [0.1, 0.15) is 18.0 Å². The molecule has 0 unspecified atom stereocenters. The largest absolute Gasteiger partial charge is 0.487 e. The van der Waals surface area contributed by atoms with Crippen LogP contribution in [-0.2, 0) is 13.7 Å². The van der Waals surface area contributed by atoms with Crippen molar-refractivity contribution in [1.82, 2.24) is 9.78 Å². The van der Waals surface area contributed by atoms with Crippen LogP contribution in [0, 0.1) is 6.92 Å². The maximum absolute atomic E-state index is 6.36. The zero-order valence-corrected chi connectivity index (χ0v) is 16.4. The Kier molecular flexibility index (Phi) is 4.70. The number of aryl methyl sites for hydroxylation is 1. The normalized spacial score (nSPS) is 18.7. The Labute approximate surface area is 164 Å². The van der Waals surface area contributed by atoms with Gasteiger partial charge in [-0.3, -0.25) is 9.58 Å². The molecule has 0 amide bonds. The highest BCUT2D eigenvalue weighted by molar-refractivity contribution is 6.06. The van der Waals surface area contributed by atoms with Crippen molar-refractivity contribution < 1.29 is 4.74 Å². The fraction of sp³-hybridized carbons (Fsp3) is 0.450. The SMILES string of the molecule is Cc1c(COc2ccccc2N2C(N)=NC(N)=NC23CCCCC3)cnn1C. The van der Waals surface area contributed by atoms with Crippen molar-refractivity contribution in [1.29, 1.82) is 0 Å². The monoisotopic (exact) mass is 381 g/mol. The first kappa shape index (κ1) is 18.3. The summed E-state index contributed by atoms with van der Waals surface area (Å²) in [5, 5.41) is 4.28. The number of nitrogens with zero attached hydrogens (tertiary/aromatic N) is 5. The van der Waals surface area contributed by atoms with E-state index >= 15 is 0 Å². The van der Waals surface area contributed by atoms with Crippen LogP contribution in [0.4, 0.5) is 5.69 Å². The molecule has 0 bridgehead atoms. The van der Waals surface area contributed by atoms with E-state index in [1.54, 1.807) is 0 Å². The van der Waals surface area contributed by atoms with Gasteiger partial charge in [0.05, 0.1) is 11.9 Å². The number of anilines is 1. The number of aliphatic imine (C=N–C) groups is 2. The minimum Gasteiger partial charge on any atom is -0.487 e. The van der Waals surface area contributed by atoms with E-state index in [2.05, 4.69) is 10.1 Å². The summed E-state index contributed by atoms with van der Waals surface area (Å²) < 4.78 is 8.04. The van der Waals surface area contributed by atoms with E-state index in [9.17, 15) is 0 Å². The number of benzene rings is 1. The number of ether oxygens (including phenoxy) is 1. The van der Waals surface area contributed by atoms with E-state index in [1.165, 1.54) is 6.42 Å². The van der Waals surface area contributed by atoms with Gasteiger partial charge in [0.25, 0.3) is 0 Å². The number of hydrogen-bond acceptors (Lipinski definition) is 7. The van der Waals surface area contributed by atoms with Gasteiger partial charge < -0.3 is 16.2 Å². The standard InChI is InChI=1S/C20H27N7O/c1-14-15(12-23-26(14)2)13-28-17-9-5-4-8-16(17)27-19(22)24-18(21)25-20(27)10-6-3-7-11-20/h4-5,8-9,12H,3,6-7,10-11,13H2,1-2H3,(H4,21,22,24,25). The Morgan fingerprint density at radius 2 is 1.89 bits per heavy atom. The molecule has 0 radical (unpaired) electrons. The molecule has 1 spiro atoms. The summed E-state index contributed by atoms with van der Waals surface area (Å²) in [5.41, 5.74) is 14.8. The highest BCUT2D eigenvalue weighted by Gasteiger charge is 2.43. The van der Waals surface area contributed by atoms with Crippen LogP contribution < -0.4 is 21.1 Å². The molecule has 2 aromatic rings. The highest BCUT2D eigenvalue weighted by Crippen LogP contribution is 2.42. The fourth-order valence-electron chi connectivity index (χ4n) is 4.08. The molecule has 8 nitrogen and oxygen atoms in total. The zero-order chi connectivity index (χ0) is 19.7. The molecule has 1 aliphatic carbocycles. The van der Waals surface area contributed by atoms with E-state index in [0.717, 1.165) is 48.4 Å². The Morgan fingerprint density at radius 3 is 2.61 bits per heavy atom. The lowest BCUT2D eigenvalue weighted by Gasteiger charge is -2.45. The molecule has 1 saturated carbocycles. The molecule has 0 atom stereocenters. The minimum atomic E-state index is -0.488. The number of para-hydroxylation sites is 2. The number of hydrogen-bond donors (Lipinski definition) is 2. The maximum atomic E-state index is 6.36. The lowest BCUT2D eigenvalue weighted by molar-refractivity contribution is 0.289.